The van der Waals surface area contributed by atoms with Crippen molar-refractivity contribution in [3.8, 4) is 0 Å². The fraction of sp³-hybridized carbons (Fsp3) is 0.462. The molecule has 0 N–H and O–H groups in total. The molecule has 1 amide bonds. The van der Waals surface area contributed by atoms with Crippen LogP contribution < -0.4 is 0 Å². The Balaban J connectivity index is 2.28. The summed E-state index contributed by atoms with van der Waals surface area (Å²) in [5, 5.41) is 0.927. The summed E-state index contributed by atoms with van der Waals surface area (Å²) in [4.78, 5) is 14.3. The molecule has 98 valence electrons. The van der Waals surface area contributed by atoms with Crippen molar-refractivity contribution in [2.75, 3.05) is 6.54 Å². The number of piperidine rings is 1. The second-order valence-corrected chi connectivity index (χ2v) is 5.79. The average Bonchev–Trinajstić information content (AvgIpc) is 2.35. The van der Waals surface area contributed by atoms with Crippen LogP contribution in [0.4, 0.5) is 0 Å². The van der Waals surface area contributed by atoms with Crippen LogP contribution in [0.5, 0.6) is 0 Å². The maximum absolute atomic E-state index is 12.4. The van der Waals surface area contributed by atoms with Crippen molar-refractivity contribution in [1.29, 1.82) is 0 Å². The highest BCUT2D eigenvalue weighted by Crippen LogP contribution is 2.32. The molecular formula is C13H14Cl3NO. The van der Waals surface area contributed by atoms with Gasteiger partial charge in [0.2, 0.25) is 0 Å². The largest absolute Gasteiger partial charge is 0.336 e. The number of rotatable bonds is 1. The minimum absolute atomic E-state index is 0.0253. The molecule has 1 aromatic rings. The molecule has 2 rings (SSSR count). The number of hydrogen-bond donors (Lipinski definition) is 0. The standard InChI is InChI=1S/C13H14Cl3NO/c1-8-4-2-3-5-17(8)13(18)9-6-10(14)12(16)11(15)7-9/h6-8H,2-5H2,1H3. The molecule has 1 aromatic carbocycles. The lowest BCUT2D eigenvalue weighted by Gasteiger charge is -2.33. The van der Waals surface area contributed by atoms with E-state index in [4.69, 9.17) is 34.8 Å². The third kappa shape index (κ3) is 2.76. The maximum atomic E-state index is 12.4. The van der Waals surface area contributed by atoms with E-state index < -0.39 is 0 Å². The molecule has 5 heteroatoms. The number of halogens is 3. The van der Waals surface area contributed by atoms with Gasteiger partial charge in [-0.1, -0.05) is 34.8 Å². The zero-order valence-corrected chi connectivity index (χ0v) is 12.3. The Labute approximate surface area is 122 Å². The first-order valence-corrected chi connectivity index (χ1v) is 7.09. The monoisotopic (exact) mass is 305 g/mol. The van der Waals surface area contributed by atoms with Crippen LogP contribution in [0.1, 0.15) is 36.5 Å². The molecule has 0 radical (unpaired) electrons. The predicted molar refractivity (Wildman–Crippen MR) is 75.8 cm³/mol. The molecule has 1 aliphatic heterocycles. The molecule has 0 aliphatic carbocycles. The van der Waals surface area contributed by atoms with Crippen LogP contribution >= 0.6 is 34.8 Å². The van der Waals surface area contributed by atoms with Crippen LogP contribution in [-0.2, 0) is 0 Å². The fourth-order valence-corrected chi connectivity index (χ4v) is 2.84. The summed E-state index contributed by atoms with van der Waals surface area (Å²) in [6.07, 6.45) is 3.26. The van der Waals surface area contributed by atoms with Gasteiger partial charge in [0.1, 0.15) is 0 Å². The molecule has 0 spiro atoms. The molecule has 0 aromatic heterocycles. The zero-order valence-electron chi connectivity index (χ0n) is 10.0. The van der Waals surface area contributed by atoms with E-state index in [-0.39, 0.29) is 11.9 Å². The second kappa shape index (κ2) is 5.68. The number of benzene rings is 1. The Hall–Kier alpha value is -0.440. The van der Waals surface area contributed by atoms with E-state index >= 15 is 0 Å². The van der Waals surface area contributed by atoms with Gasteiger partial charge in [0.15, 0.2) is 0 Å². The molecule has 18 heavy (non-hydrogen) atoms. The Morgan fingerprint density at radius 1 is 1.22 bits per heavy atom. The molecule has 0 saturated carbocycles. The van der Waals surface area contributed by atoms with Crippen molar-refractivity contribution in [2.45, 2.75) is 32.2 Å². The summed E-state index contributed by atoms with van der Waals surface area (Å²) >= 11 is 17.8. The van der Waals surface area contributed by atoms with Crippen molar-refractivity contribution in [2.24, 2.45) is 0 Å². The normalized spacial score (nSPS) is 20.0. The lowest BCUT2D eigenvalue weighted by Crippen LogP contribution is -2.42. The Bertz CT molecular complexity index is 452. The highest BCUT2D eigenvalue weighted by molar-refractivity contribution is 6.48. The van der Waals surface area contributed by atoms with Gasteiger partial charge < -0.3 is 4.90 Å². The zero-order chi connectivity index (χ0) is 13.3. The number of hydrogen-bond acceptors (Lipinski definition) is 1. The number of carbonyl (C=O) groups excluding carboxylic acids is 1. The lowest BCUT2D eigenvalue weighted by molar-refractivity contribution is 0.0635. The van der Waals surface area contributed by atoms with E-state index in [1.165, 1.54) is 6.42 Å². The van der Waals surface area contributed by atoms with Crippen molar-refractivity contribution in [3.63, 3.8) is 0 Å². The summed E-state index contributed by atoms with van der Waals surface area (Å²) in [7, 11) is 0. The smallest absolute Gasteiger partial charge is 0.254 e. The van der Waals surface area contributed by atoms with Crippen LogP contribution in [0.2, 0.25) is 15.1 Å². The first kappa shape index (κ1) is 14.0. The summed E-state index contributed by atoms with van der Waals surface area (Å²) in [6.45, 7) is 2.86. The Morgan fingerprint density at radius 3 is 2.39 bits per heavy atom. The number of carbonyl (C=O) groups is 1. The van der Waals surface area contributed by atoms with Gasteiger partial charge in [-0.2, -0.15) is 0 Å². The maximum Gasteiger partial charge on any atom is 0.254 e. The topological polar surface area (TPSA) is 20.3 Å². The van der Waals surface area contributed by atoms with Gasteiger partial charge in [-0.05, 0) is 38.3 Å². The summed E-state index contributed by atoms with van der Waals surface area (Å²) in [5.41, 5.74) is 0.503. The Morgan fingerprint density at radius 2 is 1.83 bits per heavy atom. The highest BCUT2D eigenvalue weighted by Gasteiger charge is 2.25. The van der Waals surface area contributed by atoms with Gasteiger partial charge in [-0.15, -0.1) is 0 Å². The molecule has 1 heterocycles. The molecule has 1 saturated heterocycles. The van der Waals surface area contributed by atoms with Gasteiger partial charge in [-0.25, -0.2) is 0 Å². The minimum atomic E-state index is -0.0253. The van der Waals surface area contributed by atoms with Crippen molar-refractivity contribution in [3.05, 3.63) is 32.8 Å². The molecule has 1 unspecified atom stereocenters. The molecular weight excluding hydrogens is 293 g/mol. The minimum Gasteiger partial charge on any atom is -0.336 e. The Kier molecular flexibility index (Phi) is 4.41. The van der Waals surface area contributed by atoms with E-state index in [1.54, 1.807) is 12.1 Å². The molecule has 1 atom stereocenters. The quantitative estimate of drug-likeness (QED) is 0.691. The second-order valence-electron chi connectivity index (χ2n) is 4.60. The number of nitrogens with zero attached hydrogens (tertiary/aromatic N) is 1. The van der Waals surface area contributed by atoms with Gasteiger partial charge >= 0.3 is 0 Å². The third-order valence-electron chi connectivity index (χ3n) is 3.29. The van der Waals surface area contributed by atoms with Crippen molar-refractivity contribution >= 4 is 40.7 Å². The SMILES string of the molecule is CC1CCCCN1C(=O)c1cc(Cl)c(Cl)c(Cl)c1. The van der Waals surface area contributed by atoms with Crippen LogP contribution in [0, 0.1) is 0 Å². The lowest BCUT2D eigenvalue weighted by atomic mass is 10.0. The molecule has 2 nitrogen and oxygen atoms in total. The van der Waals surface area contributed by atoms with E-state index in [1.807, 2.05) is 4.90 Å². The van der Waals surface area contributed by atoms with E-state index in [0.717, 1.165) is 19.4 Å². The first-order chi connectivity index (χ1) is 8.50. The van der Waals surface area contributed by atoms with Gasteiger partial charge in [0, 0.05) is 18.2 Å². The molecule has 0 bridgehead atoms. The van der Waals surface area contributed by atoms with Crippen LogP contribution in [0.15, 0.2) is 12.1 Å². The van der Waals surface area contributed by atoms with Gasteiger partial charge in [0.05, 0.1) is 15.1 Å². The predicted octanol–water partition coefficient (Wildman–Crippen LogP) is 4.66. The summed E-state index contributed by atoms with van der Waals surface area (Å²) < 4.78 is 0. The highest BCUT2D eigenvalue weighted by atomic mass is 35.5. The van der Waals surface area contributed by atoms with Crippen molar-refractivity contribution < 1.29 is 4.79 Å². The van der Waals surface area contributed by atoms with E-state index in [0.29, 0.717) is 20.6 Å². The first-order valence-electron chi connectivity index (χ1n) is 5.96. The van der Waals surface area contributed by atoms with Crippen LogP contribution in [-0.4, -0.2) is 23.4 Å². The van der Waals surface area contributed by atoms with Crippen molar-refractivity contribution in [1.82, 2.24) is 4.90 Å². The van der Waals surface area contributed by atoms with E-state index in [2.05, 4.69) is 6.92 Å². The molecule has 1 fully saturated rings. The van der Waals surface area contributed by atoms with E-state index in [9.17, 15) is 4.79 Å². The van der Waals surface area contributed by atoms with Gasteiger partial charge in [-0.3, -0.25) is 4.79 Å². The van der Waals surface area contributed by atoms with Crippen LogP contribution in [0.25, 0.3) is 0 Å². The van der Waals surface area contributed by atoms with Crippen LogP contribution in [0.3, 0.4) is 0 Å². The van der Waals surface area contributed by atoms with Gasteiger partial charge in [0.25, 0.3) is 5.91 Å². The third-order valence-corrected chi connectivity index (χ3v) is 4.49. The molecule has 1 aliphatic rings. The summed E-state index contributed by atoms with van der Waals surface area (Å²) in [6, 6.07) is 3.43. The number of likely N-dealkylation sites (tertiary alicyclic amines) is 1. The fourth-order valence-electron chi connectivity index (χ4n) is 2.24. The number of amides is 1. The summed E-state index contributed by atoms with van der Waals surface area (Å²) in [5.74, 6) is -0.0253. The average molecular weight is 307 g/mol.